The Kier molecular flexibility index (Phi) is 4.86. The zero-order chi connectivity index (χ0) is 16.5. The van der Waals surface area contributed by atoms with Gasteiger partial charge in [0, 0.05) is 55.0 Å². The van der Waals surface area contributed by atoms with Crippen molar-refractivity contribution in [3.63, 3.8) is 0 Å². The van der Waals surface area contributed by atoms with Crippen LogP contribution in [-0.2, 0) is 19.9 Å². The van der Waals surface area contributed by atoms with Gasteiger partial charge in [0.05, 0.1) is 0 Å². The van der Waals surface area contributed by atoms with Crippen molar-refractivity contribution >= 4 is 17.7 Å². The molecule has 1 saturated carbocycles. The quantitative estimate of drug-likeness (QED) is 0.908. The van der Waals surface area contributed by atoms with Crippen LogP contribution in [0.5, 0.6) is 0 Å². The standard InChI is InChI=1S/C18H28N4OS/c1-21-16-7-6-14(19-13-4-2-3-5-13)12-15(16)17(20-21)18(23)22-8-10-24-11-9-22/h13-14,19H,2-12H2,1H3. The van der Waals surface area contributed by atoms with Gasteiger partial charge < -0.3 is 10.2 Å². The first-order chi connectivity index (χ1) is 11.7. The molecule has 3 aliphatic rings. The largest absolute Gasteiger partial charge is 0.336 e. The topological polar surface area (TPSA) is 50.2 Å². The molecule has 1 aliphatic heterocycles. The molecule has 132 valence electrons. The van der Waals surface area contributed by atoms with Crippen molar-refractivity contribution in [3.05, 3.63) is 17.0 Å². The average molecular weight is 349 g/mol. The highest BCUT2D eigenvalue weighted by atomic mass is 32.2. The summed E-state index contributed by atoms with van der Waals surface area (Å²) in [6, 6.07) is 1.19. The van der Waals surface area contributed by atoms with Gasteiger partial charge in [-0.05, 0) is 32.1 Å². The van der Waals surface area contributed by atoms with Gasteiger partial charge in [-0.2, -0.15) is 16.9 Å². The fourth-order valence-corrected chi connectivity index (χ4v) is 5.35. The Morgan fingerprint density at radius 2 is 1.92 bits per heavy atom. The summed E-state index contributed by atoms with van der Waals surface area (Å²) in [5.74, 6) is 2.24. The first-order valence-corrected chi connectivity index (χ1v) is 10.6. The predicted octanol–water partition coefficient (Wildman–Crippen LogP) is 2.00. The Hall–Kier alpha value is -1.01. The molecule has 2 fully saturated rings. The summed E-state index contributed by atoms with van der Waals surface area (Å²) in [6.07, 6.45) is 8.51. The highest BCUT2D eigenvalue weighted by Gasteiger charge is 2.31. The fourth-order valence-electron chi connectivity index (χ4n) is 4.45. The fraction of sp³-hybridized carbons (Fsp3) is 0.778. The molecule has 1 atom stereocenters. The molecule has 0 spiro atoms. The summed E-state index contributed by atoms with van der Waals surface area (Å²) in [7, 11) is 1.99. The van der Waals surface area contributed by atoms with Crippen LogP contribution < -0.4 is 5.32 Å². The number of thioether (sulfide) groups is 1. The van der Waals surface area contributed by atoms with Gasteiger partial charge in [-0.3, -0.25) is 9.48 Å². The Balaban J connectivity index is 1.51. The third-order valence-electron chi connectivity index (χ3n) is 5.78. The Labute approximate surface area is 148 Å². The maximum Gasteiger partial charge on any atom is 0.274 e. The zero-order valence-corrected chi connectivity index (χ0v) is 15.4. The molecule has 1 N–H and O–H groups in total. The number of fused-ring (bicyclic) bond motifs is 1. The second-order valence-corrected chi connectivity index (χ2v) is 8.61. The van der Waals surface area contributed by atoms with E-state index in [2.05, 4.69) is 10.4 Å². The lowest BCUT2D eigenvalue weighted by atomic mass is 9.90. The highest BCUT2D eigenvalue weighted by molar-refractivity contribution is 7.99. The molecule has 2 heterocycles. The van der Waals surface area contributed by atoms with E-state index in [0.29, 0.717) is 12.1 Å². The van der Waals surface area contributed by atoms with Crippen LogP contribution in [0.3, 0.4) is 0 Å². The highest BCUT2D eigenvalue weighted by Crippen LogP contribution is 2.27. The van der Waals surface area contributed by atoms with Crippen LogP contribution in [0.2, 0.25) is 0 Å². The number of nitrogens with zero attached hydrogens (tertiary/aromatic N) is 3. The average Bonchev–Trinajstić information content (AvgIpc) is 3.23. The summed E-state index contributed by atoms with van der Waals surface area (Å²) < 4.78 is 1.95. The molecule has 6 heteroatoms. The van der Waals surface area contributed by atoms with E-state index in [1.807, 2.05) is 28.4 Å². The van der Waals surface area contributed by atoms with Gasteiger partial charge in [0.2, 0.25) is 0 Å². The molecular formula is C18H28N4OS. The number of hydrogen-bond donors (Lipinski definition) is 1. The van der Waals surface area contributed by atoms with Crippen LogP contribution in [0, 0.1) is 0 Å². The van der Waals surface area contributed by atoms with E-state index in [0.717, 1.165) is 49.6 Å². The van der Waals surface area contributed by atoms with Crippen molar-refractivity contribution in [2.45, 2.75) is 57.0 Å². The number of rotatable bonds is 3. The van der Waals surface area contributed by atoms with E-state index in [1.54, 1.807) is 0 Å². The summed E-state index contributed by atoms with van der Waals surface area (Å²) in [5.41, 5.74) is 3.20. The van der Waals surface area contributed by atoms with E-state index >= 15 is 0 Å². The molecule has 0 radical (unpaired) electrons. The third kappa shape index (κ3) is 3.23. The molecule has 0 bridgehead atoms. The SMILES string of the molecule is Cn1nc(C(=O)N2CCSCC2)c2c1CCC(NC1CCCC1)C2. The monoisotopic (exact) mass is 348 g/mol. The normalized spacial score (nSPS) is 25.0. The number of amides is 1. The van der Waals surface area contributed by atoms with Gasteiger partial charge >= 0.3 is 0 Å². The van der Waals surface area contributed by atoms with E-state index < -0.39 is 0 Å². The van der Waals surface area contributed by atoms with Gasteiger partial charge in [-0.15, -0.1) is 0 Å². The number of carbonyl (C=O) groups is 1. The minimum absolute atomic E-state index is 0.147. The molecule has 1 aromatic rings. The number of aryl methyl sites for hydroxylation is 1. The van der Waals surface area contributed by atoms with Gasteiger partial charge in [-0.1, -0.05) is 12.8 Å². The lowest BCUT2D eigenvalue weighted by Gasteiger charge is -2.29. The van der Waals surface area contributed by atoms with Crippen LogP contribution >= 0.6 is 11.8 Å². The van der Waals surface area contributed by atoms with Crippen molar-refractivity contribution in [1.29, 1.82) is 0 Å². The minimum Gasteiger partial charge on any atom is -0.336 e. The Morgan fingerprint density at radius 1 is 1.17 bits per heavy atom. The zero-order valence-electron chi connectivity index (χ0n) is 14.6. The van der Waals surface area contributed by atoms with E-state index in [4.69, 9.17) is 0 Å². The summed E-state index contributed by atoms with van der Waals surface area (Å²) in [4.78, 5) is 14.9. The first-order valence-electron chi connectivity index (χ1n) is 9.40. The maximum absolute atomic E-state index is 13.0. The number of carbonyl (C=O) groups excluding carboxylic acids is 1. The van der Waals surface area contributed by atoms with Gasteiger partial charge in [0.25, 0.3) is 5.91 Å². The molecule has 1 aromatic heterocycles. The number of nitrogens with one attached hydrogen (secondary N) is 1. The van der Waals surface area contributed by atoms with E-state index in [-0.39, 0.29) is 5.91 Å². The van der Waals surface area contributed by atoms with Crippen molar-refractivity contribution in [3.8, 4) is 0 Å². The summed E-state index contributed by atoms with van der Waals surface area (Å²) in [5, 5.41) is 8.47. The van der Waals surface area contributed by atoms with Crippen LogP contribution in [0.1, 0.15) is 53.8 Å². The lowest BCUT2D eigenvalue weighted by Crippen LogP contribution is -2.41. The van der Waals surface area contributed by atoms with Crippen molar-refractivity contribution in [1.82, 2.24) is 20.0 Å². The molecule has 1 amide bonds. The van der Waals surface area contributed by atoms with E-state index in [1.165, 1.54) is 36.9 Å². The van der Waals surface area contributed by atoms with Gasteiger partial charge in [0.15, 0.2) is 5.69 Å². The van der Waals surface area contributed by atoms with E-state index in [9.17, 15) is 4.79 Å². The van der Waals surface area contributed by atoms with Crippen molar-refractivity contribution in [2.24, 2.45) is 7.05 Å². The summed E-state index contributed by atoms with van der Waals surface area (Å²) >= 11 is 1.93. The molecule has 1 unspecified atom stereocenters. The predicted molar refractivity (Wildman–Crippen MR) is 97.6 cm³/mol. The molecule has 2 aliphatic carbocycles. The minimum atomic E-state index is 0.147. The molecule has 4 rings (SSSR count). The molecule has 24 heavy (non-hydrogen) atoms. The van der Waals surface area contributed by atoms with Crippen molar-refractivity contribution in [2.75, 3.05) is 24.6 Å². The summed E-state index contributed by atoms with van der Waals surface area (Å²) in [6.45, 7) is 1.72. The Morgan fingerprint density at radius 3 is 2.67 bits per heavy atom. The second-order valence-electron chi connectivity index (χ2n) is 7.39. The first kappa shape index (κ1) is 16.5. The molecular weight excluding hydrogens is 320 g/mol. The van der Waals surface area contributed by atoms with Gasteiger partial charge in [0.1, 0.15) is 0 Å². The van der Waals surface area contributed by atoms with Crippen LogP contribution in [0.25, 0.3) is 0 Å². The molecule has 5 nitrogen and oxygen atoms in total. The molecule has 0 aromatic carbocycles. The maximum atomic E-state index is 13.0. The number of hydrogen-bond acceptors (Lipinski definition) is 4. The number of aromatic nitrogens is 2. The smallest absolute Gasteiger partial charge is 0.274 e. The van der Waals surface area contributed by atoms with Crippen molar-refractivity contribution < 1.29 is 4.79 Å². The van der Waals surface area contributed by atoms with Crippen LogP contribution in [0.15, 0.2) is 0 Å². The van der Waals surface area contributed by atoms with Crippen LogP contribution in [0.4, 0.5) is 0 Å². The second kappa shape index (κ2) is 7.08. The lowest BCUT2D eigenvalue weighted by molar-refractivity contribution is 0.0764. The third-order valence-corrected chi connectivity index (χ3v) is 6.72. The Bertz CT molecular complexity index is 602. The van der Waals surface area contributed by atoms with Crippen LogP contribution in [-0.4, -0.2) is 57.3 Å². The molecule has 1 saturated heterocycles. The van der Waals surface area contributed by atoms with Gasteiger partial charge in [-0.25, -0.2) is 0 Å².